The number of nitrogens with one attached hydrogen (secondary N) is 2. The Bertz CT molecular complexity index is 599. The van der Waals surface area contributed by atoms with Crippen LogP contribution in [0.1, 0.15) is 11.6 Å². The van der Waals surface area contributed by atoms with Gasteiger partial charge in [-0.3, -0.25) is 5.32 Å². The molecule has 0 aliphatic rings. The summed E-state index contributed by atoms with van der Waals surface area (Å²) in [6.45, 7) is 0.511. The Labute approximate surface area is 134 Å². The summed E-state index contributed by atoms with van der Waals surface area (Å²) in [6.07, 6.45) is 0. The van der Waals surface area contributed by atoms with Crippen molar-refractivity contribution >= 4 is 22.4 Å². The van der Waals surface area contributed by atoms with Gasteiger partial charge >= 0.3 is 6.03 Å². The molecule has 2 N–H and O–H groups in total. The summed E-state index contributed by atoms with van der Waals surface area (Å²) in [7, 11) is 5.63. The molecule has 2 amide bonds. The van der Waals surface area contributed by atoms with Crippen molar-refractivity contribution in [3.8, 4) is 5.75 Å². The average molecular weight is 319 g/mol. The number of benzene rings is 1. The second-order valence-electron chi connectivity index (χ2n) is 5.07. The Morgan fingerprint density at radius 3 is 2.77 bits per heavy atom. The highest BCUT2D eigenvalue weighted by atomic mass is 32.1. The second kappa shape index (κ2) is 7.82. The molecule has 6 heteroatoms. The largest absolute Gasteiger partial charge is 0.497 e. The molecule has 118 valence electrons. The van der Waals surface area contributed by atoms with Crippen LogP contribution >= 0.6 is 11.3 Å². The molecular weight excluding hydrogens is 298 g/mol. The predicted molar refractivity (Wildman–Crippen MR) is 90.8 cm³/mol. The molecule has 1 atom stereocenters. The van der Waals surface area contributed by atoms with E-state index in [2.05, 4.69) is 15.5 Å². The third kappa shape index (κ3) is 4.47. The molecule has 2 aromatic rings. The zero-order chi connectivity index (χ0) is 15.9. The number of nitrogens with zero attached hydrogens (tertiary/aromatic N) is 1. The van der Waals surface area contributed by atoms with Crippen LogP contribution in [0.4, 0.5) is 9.80 Å². The number of hydrogen-bond donors (Lipinski definition) is 2. The van der Waals surface area contributed by atoms with Crippen molar-refractivity contribution < 1.29 is 9.53 Å². The highest BCUT2D eigenvalue weighted by Crippen LogP contribution is 2.22. The van der Waals surface area contributed by atoms with Gasteiger partial charge in [0.05, 0.1) is 18.2 Å². The van der Waals surface area contributed by atoms with Gasteiger partial charge in [-0.15, -0.1) is 11.3 Å². The summed E-state index contributed by atoms with van der Waals surface area (Å²) in [5.41, 5.74) is 1.10. The standard InChI is InChI=1S/C16H21N3O2S/c1-19(2)14(12-6-4-7-13(10-12)21-3)11-17-16(20)18-15-8-5-9-22-15/h4-10,14H,11H2,1-3H3,(H2,17,18,20). The van der Waals surface area contributed by atoms with Crippen LogP contribution in [0.25, 0.3) is 0 Å². The maximum Gasteiger partial charge on any atom is 0.319 e. The van der Waals surface area contributed by atoms with Crippen molar-refractivity contribution in [1.29, 1.82) is 0 Å². The summed E-state index contributed by atoms with van der Waals surface area (Å²) >= 11 is 1.49. The van der Waals surface area contributed by atoms with Crippen LogP contribution in [-0.2, 0) is 0 Å². The van der Waals surface area contributed by atoms with E-state index in [9.17, 15) is 4.79 Å². The van der Waals surface area contributed by atoms with Gasteiger partial charge < -0.3 is 15.0 Å². The Hall–Kier alpha value is -2.05. The molecule has 1 unspecified atom stereocenters. The van der Waals surface area contributed by atoms with E-state index < -0.39 is 0 Å². The van der Waals surface area contributed by atoms with E-state index in [-0.39, 0.29) is 12.1 Å². The molecule has 0 fully saturated rings. The molecule has 0 saturated carbocycles. The van der Waals surface area contributed by atoms with Gasteiger partial charge in [0, 0.05) is 6.54 Å². The van der Waals surface area contributed by atoms with Crippen molar-refractivity contribution in [2.24, 2.45) is 0 Å². The Balaban J connectivity index is 1.98. The molecular formula is C16H21N3O2S. The first-order chi connectivity index (χ1) is 10.6. The van der Waals surface area contributed by atoms with Crippen LogP contribution in [-0.4, -0.2) is 38.7 Å². The van der Waals surface area contributed by atoms with Crippen LogP contribution in [0, 0.1) is 0 Å². The monoisotopic (exact) mass is 319 g/mol. The fraction of sp³-hybridized carbons (Fsp3) is 0.312. The van der Waals surface area contributed by atoms with Crippen molar-refractivity contribution in [3.63, 3.8) is 0 Å². The molecule has 5 nitrogen and oxygen atoms in total. The number of rotatable bonds is 6. The maximum absolute atomic E-state index is 11.9. The zero-order valence-corrected chi connectivity index (χ0v) is 13.8. The molecule has 0 saturated heterocycles. The van der Waals surface area contributed by atoms with Crippen molar-refractivity contribution in [3.05, 3.63) is 47.3 Å². The highest BCUT2D eigenvalue weighted by Gasteiger charge is 2.16. The first kappa shape index (κ1) is 16.3. The number of thiophene rings is 1. The van der Waals surface area contributed by atoms with E-state index in [0.717, 1.165) is 16.3 Å². The number of ether oxygens (including phenoxy) is 1. The van der Waals surface area contributed by atoms with Crippen molar-refractivity contribution in [1.82, 2.24) is 10.2 Å². The lowest BCUT2D eigenvalue weighted by molar-refractivity contribution is 0.243. The number of carbonyl (C=O) groups excluding carboxylic acids is 1. The average Bonchev–Trinajstić information content (AvgIpc) is 3.00. The highest BCUT2D eigenvalue weighted by molar-refractivity contribution is 7.14. The SMILES string of the molecule is COc1cccc(C(CNC(=O)Nc2cccs2)N(C)C)c1. The van der Waals surface area contributed by atoms with E-state index >= 15 is 0 Å². The predicted octanol–water partition coefficient (Wildman–Crippen LogP) is 3.18. The van der Waals surface area contributed by atoms with Gasteiger partial charge in [-0.05, 0) is 49.3 Å². The minimum absolute atomic E-state index is 0.0733. The fourth-order valence-electron chi connectivity index (χ4n) is 2.14. The summed E-state index contributed by atoms with van der Waals surface area (Å²) in [5.74, 6) is 0.812. The maximum atomic E-state index is 11.9. The normalized spacial score (nSPS) is 12.0. The number of urea groups is 1. The van der Waals surface area contributed by atoms with Gasteiger partial charge in [0.25, 0.3) is 0 Å². The molecule has 0 aliphatic carbocycles. The first-order valence-corrected chi connectivity index (χ1v) is 7.87. The van der Waals surface area contributed by atoms with Crippen LogP contribution < -0.4 is 15.4 Å². The van der Waals surface area contributed by atoms with Gasteiger partial charge in [0.2, 0.25) is 0 Å². The third-order valence-electron chi connectivity index (χ3n) is 3.32. The Morgan fingerprint density at radius 1 is 1.32 bits per heavy atom. The lowest BCUT2D eigenvalue weighted by Crippen LogP contribution is -2.36. The van der Waals surface area contributed by atoms with E-state index in [0.29, 0.717) is 6.54 Å². The van der Waals surface area contributed by atoms with Crippen molar-refractivity contribution in [2.45, 2.75) is 6.04 Å². The molecule has 22 heavy (non-hydrogen) atoms. The zero-order valence-electron chi connectivity index (χ0n) is 13.0. The second-order valence-corrected chi connectivity index (χ2v) is 6.02. The summed E-state index contributed by atoms with van der Waals surface area (Å²) in [4.78, 5) is 14.0. The molecule has 1 heterocycles. The number of methoxy groups -OCH3 is 1. The number of likely N-dealkylation sites (N-methyl/N-ethyl adjacent to an activating group) is 1. The van der Waals surface area contributed by atoms with Gasteiger partial charge in [-0.1, -0.05) is 12.1 Å². The van der Waals surface area contributed by atoms with Crippen LogP contribution in [0.2, 0.25) is 0 Å². The number of anilines is 1. The quantitative estimate of drug-likeness (QED) is 0.860. The molecule has 0 aliphatic heterocycles. The van der Waals surface area contributed by atoms with Crippen molar-refractivity contribution in [2.75, 3.05) is 33.1 Å². The molecule has 0 spiro atoms. The third-order valence-corrected chi connectivity index (χ3v) is 4.10. The molecule has 0 bridgehead atoms. The molecule has 0 radical (unpaired) electrons. The van der Waals surface area contributed by atoms with Crippen LogP contribution in [0.3, 0.4) is 0 Å². The van der Waals surface area contributed by atoms with E-state index in [1.54, 1.807) is 7.11 Å². The topological polar surface area (TPSA) is 53.6 Å². The smallest absolute Gasteiger partial charge is 0.319 e. The number of amides is 2. The van der Waals surface area contributed by atoms with Gasteiger partial charge in [-0.2, -0.15) is 0 Å². The Kier molecular flexibility index (Phi) is 5.80. The van der Waals surface area contributed by atoms with Gasteiger partial charge in [-0.25, -0.2) is 4.79 Å². The van der Waals surface area contributed by atoms with E-state index in [1.807, 2.05) is 55.9 Å². The van der Waals surface area contributed by atoms with Gasteiger partial charge in [0.1, 0.15) is 5.75 Å². The first-order valence-electron chi connectivity index (χ1n) is 6.99. The van der Waals surface area contributed by atoms with Crippen LogP contribution in [0.5, 0.6) is 5.75 Å². The number of hydrogen-bond acceptors (Lipinski definition) is 4. The molecule has 1 aromatic carbocycles. The minimum Gasteiger partial charge on any atom is -0.497 e. The minimum atomic E-state index is -0.197. The summed E-state index contributed by atoms with van der Waals surface area (Å²) < 4.78 is 5.26. The molecule has 1 aromatic heterocycles. The Morgan fingerprint density at radius 2 is 2.14 bits per heavy atom. The van der Waals surface area contributed by atoms with E-state index in [1.165, 1.54) is 11.3 Å². The van der Waals surface area contributed by atoms with Gasteiger partial charge in [0.15, 0.2) is 0 Å². The summed E-state index contributed by atoms with van der Waals surface area (Å²) in [5, 5.41) is 8.49. The lowest BCUT2D eigenvalue weighted by atomic mass is 10.1. The summed E-state index contributed by atoms with van der Waals surface area (Å²) in [6, 6.07) is 11.5. The fourth-order valence-corrected chi connectivity index (χ4v) is 2.76. The molecule has 2 rings (SSSR count). The van der Waals surface area contributed by atoms with E-state index in [4.69, 9.17) is 4.74 Å². The number of carbonyl (C=O) groups is 1. The lowest BCUT2D eigenvalue weighted by Gasteiger charge is -2.25. The van der Waals surface area contributed by atoms with Crippen LogP contribution in [0.15, 0.2) is 41.8 Å².